The highest BCUT2D eigenvalue weighted by atomic mass is 19.1. The topological polar surface area (TPSA) is 123 Å². The normalized spacial score (nSPS) is 14.4. The van der Waals surface area contributed by atoms with Crippen LogP contribution in [0.15, 0.2) is 54.7 Å². The molecule has 3 aromatic rings. The van der Waals surface area contributed by atoms with Gasteiger partial charge in [0.25, 0.3) is 0 Å². The van der Waals surface area contributed by atoms with Crippen molar-refractivity contribution in [2.24, 2.45) is 5.73 Å². The minimum Gasteiger partial charge on any atom is -0.453 e. The number of aromatic nitrogens is 3. The summed E-state index contributed by atoms with van der Waals surface area (Å²) in [4.78, 5) is 28.9. The van der Waals surface area contributed by atoms with Gasteiger partial charge in [-0.1, -0.05) is 12.1 Å². The molecule has 1 aliphatic rings. The summed E-state index contributed by atoms with van der Waals surface area (Å²) in [5.74, 6) is -0.478. The molecule has 9 nitrogen and oxygen atoms in total. The standard InChI is InChI=1S/C22H21FN6O3/c1-32-21(31)29-12-22(13-29,19-16(23)6-3-9-25-19)11-26-18-8-7-17(27-28-18)14-4-2-5-15(10-14)20(24)30/h2-10H,11-13H2,1H3,(H2,24,30)(H,26,28). The summed E-state index contributed by atoms with van der Waals surface area (Å²) in [6, 6.07) is 13.2. The molecule has 2 aromatic heterocycles. The van der Waals surface area contributed by atoms with Gasteiger partial charge in [0.15, 0.2) is 0 Å². The van der Waals surface area contributed by atoms with Gasteiger partial charge in [-0.15, -0.1) is 10.2 Å². The Bertz CT molecular complexity index is 1150. The zero-order valence-electron chi connectivity index (χ0n) is 17.3. The van der Waals surface area contributed by atoms with E-state index in [0.717, 1.165) is 0 Å². The predicted molar refractivity (Wildman–Crippen MR) is 114 cm³/mol. The number of nitrogens with one attached hydrogen (secondary N) is 1. The highest BCUT2D eigenvalue weighted by molar-refractivity contribution is 5.94. The lowest BCUT2D eigenvalue weighted by atomic mass is 9.76. The maximum Gasteiger partial charge on any atom is 0.409 e. The molecule has 2 amide bonds. The van der Waals surface area contributed by atoms with Crippen molar-refractivity contribution < 1.29 is 18.7 Å². The van der Waals surface area contributed by atoms with Crippen LogP contribution in [0.4, 0.5) is 15.0 Å². The van der Waals surface area contributed by atoms with E-state index in [4.69, 9.17) is 10.5 Å². The molecule has 3 heterocycles. The molecule has 4 rings (SSSR count). The number of hydrogen-bond donors (Lipinski definition) is 2. The van der Waals surface area contributed by atoms with Gasteiger partial charge in [-0.05, 0) is 36.4 Å². The smallest absolute Gasteiger partial charge is 0.409 e. The van der Waals surface area contributed by atoms with Crippen LogP contribution in [0.2, 0.25) is 0 Å². The molecule has 0 aliphatic carbocycles. The van der Waals surface area contributed by atoms with Crippen LogP contribution < -0.4 is 11.1 Å². The Labute approximate surface area is 183 Å². The van der Waals surface area contributed by atoms with Crippen molar-refractivity contribution in [3.63, 3.8) is 0 Å². The van der Waals surface area contributed by atoms with Crippen LogP contribution in [0.25, 0.3) is 11.3 Å². The second-order valence-electron chi connectivity index (χ2n) is 7.54. The van der Waals surface area contributed by atoms with Crippen molar-refractivity contribution in [3.8, 4) is 11.3 Å². The van der Waals surface area contributed by atoms with Crippen molar-refractivity contribution in [2.45, 2.75) is 5.41 Å². The van der Waals surface area contributed by atoms with E-state index in [1.807, 2.05) is 0 Å². The lowest BCUT2D eigenvalue weighted by Crippen LogP contribution is -2.64. The zero-order chi connectivity index (χ0) is 22.7. The highest BCUT2D eigenvalue weighted by Crippen LogP contribution is 2.35. The minimum atomic E-state index is -0.726. The van der Waals surface area contributed by atoms with Crippen LogP contribution in [-0.4, -0.2) is 58.8 Å². The Hall–Kier alpha value is -4.08. The number of likely N-dealkylation sites (tertiary alicyclic amines) is 1. The fourth-order valence-electron chi connectivity index (χ4n) is 3.74. The van der Waals surface area contributed by atoms with Gasteiger partial charge < -0.3 is 20.7 Å². The Balaban J connectivity index is 1.51. The van der Waals surface area contributed by atoms with E-state index in [9.17, 15) is 14.0 Å². The number of nitrogens with zero attached hydrogens (tertiary/aromatic N) is 4. The molecule has 1 aromatic carbocycles. The van der Waals surface area contributed by atoms with Crippen LogP contribution in [0.5, 0.6) is 0 Å². The van der Waals surface area contributed by atoms with Crippen molar-refractivity contribution in [1.29, 1.82) is 0 Å². The fourth-order valence-corrected chi connectivity index (χ4v) is 3.74. The number of primary amides is 1. The van der Waals surface area contributed by atoms with Gasteiger partial charge in [0.05, 0.1) is 23.9 Å². The van der Waals surface area contributed by atoms with E-state index < -0.39 is 23.2 Å². The molecule has 32 heavy (non-hydrogen) atoms. The number of rotatable bonds is 6. The molecule has 0 atom stereocenters. The monoisotopic (exact) mass is 436 g/mol. The largest absolute Gasteiger partial charge is 0.453 e. The number of ether oxygens (including phenoxy) is 1. The number of benzene rings is 1. The molecule has 1 saturated heterocycles. The first kappa shape index (κ1) is 21.2. The highest BCUT2D eigenvalue weighted by Gasteiger charge is 2.49. The Morgan fingerprint density at radius 3 is 2.66 bits per heavy atom. The maximum atomic E-state index is 14.5. The number of halogens is 1. The van der Waals surface area contributed by atoms with E-state index in [1.54, 1.807) is 36.4 Å². The summed E-state index contributed by atoms with van der Waals surface area (Å²) < 4.78 is 19.2. The molecular weight excluding hydrogens is 415 g/mol. The van der Waals surface area contributed by atoms with E-state index in [1.165, 1.54) is 30.3 Å². The quantitative estimate of drug-likeness (QED) is 0.607. The molecule has 3 N–H and O–H groups in total. The van der Waals surface area contributed by atoms with Crippen LogP contribution in [-0.2, 0) is 10.2 Å². The Morgan fingerprint density at radius 1 is 1.19 bits per heavy atom. The average molecular weight is 436 g/mol. The van der Waals surface area contributed by atoms with E-state index >= 15 is 0 Å². The van der Waals surface area contributed by atoms with Gasteiger partial charge in [0, 0.05) is 37.0 Å². The van der Waals surface area contributed by atoms with Crippen molar-refractivity contribution >= 4 is 17.8 Å². The third kappa shape index (κ3) is 4.07. The fraction of sp³-hybridized carbons (Fsp3) is 0.227. The van der Waals surface area contributed by atoms with Crippen LogP contribution in [0.1, 0.15) is 16.1 Å². The third-order valence-electron chi connectivity index (χ3n) is 5.40. The second-order valence-corrected chi connectivity index (χ2v) is 7.54. The van der Waals surface area contributed by atoms with Gasteiger partial charge in [0.2, 0.25) is 5.91 Å². The average Bonchev–Trinajstić information content (AvgIpc) is 2.79. The van der Waals surface area contributed by atoms with Gasteiger partial charge in [-0.25, -0.2) is 9.18 Å². The Kier molecular flexibility index (Phi) is 5.67. The molecule has 0 saturated carbocycles. The summed E-state index contributed by atoms with van der Waals surface area (Å²) in [5.41, 5.74) is 6.55. The summed E-state index contributed by atoms with van der Waals surface area (Å²) in [7, 11) is 1.30. The van der Waals surface area contributed by atoms with Crippen LogP contribution in [0.3, 0.4) is 0 Å². The molecule has 1 fully saturated rings. The molecular formula is C22H21FN6O3. The SMILES string of the molecule is COC(=O)N1CC(CNc2ccc(-c3cccc(C(N)=O)c3)nn2)(c2ncccc2F)C1. The van der Waals surface area contributed by atoms with Gasteiger partial charge in [-0.2, -0.15) is 0 Å². The molecule has 1 aliphatic heterocycles. The first-order valence-electron chi connectivity index (χ1n) is 9.83. The summed E-state index contributed by atoms with van der Waals surface area (Å²) in [5, 5.41) is 11.5. The first-order valence-corrected chi connectivity index (χ1v) is 9.83. The molecule has 0 radical (unpaired) electrons. The zero-order valence-corrected chi connectivity index (χ0v) is 17.3. The number of pyridine rings is 1. The van der Waals surface area contributed by atoms with Crippen LogP contribution in [0, 0.1) is 5.82 Å². The number of hydrogen-bond acceptors (Lipinski definition) is 7. The van der Waals surface area contributed by atoms with Gasteiger partial charge in [0.1, 0.15) is 11.6 Å². The predicted octanol–water partition coefficient (Wildman–Crippen LogP) is 2.21. The second kappa shape index (κ2) is 8.58. The third-order valence-corrected chi connectivity index (χ3v) is 5.40. The summed E-state index contributed by atoms with van der Waals surface area (Å²) >= 11 is 0. The maximum absolute atomic E-state index is 14.5. The minimum absolute atomic E-state index is 0.256. The molecule has 0 unspecified atom stereocenters. The first-order chi connectivity index (χ1) is 15.4. The van der Waals surface area contributed by atoms with Gasteiger partial charge >= 0.3 is 6.09 Å². The number of methoxy groups -OCH3 is 1. The summed E-state index contributed by atoms with van der Waals surface area (Å²) in [6.45, 7) is 0.803. The number of anilines is 1. The van der Waals surface area contributed by atoms with E-state index in [-0.39, 0.29) is 18.8 Å². The summed E-state index contributed by atoms with van der Waals surface area (Å²) in [6.07, 6.45) is 1.05. The van der Waals surface area contributed by atoms with Crippen molar-refractivity contribution in [1.82, 2.24) is 20.1 Å². The molecule has 10 heteroatoms. The number of amides is 2. The number of nitrogens with two attached hydrogens (primary N) is 1. The lowest BCUT2D eigenvalue weighted by molar-refractivity contribution is 0.0500. The van der Waals surface area contributed by atoms with E-state index in [0.29, 0.717) is 29.2 Å². The van der Waals surface area contributed by atoms with Crippen LogP contribution >= 0.6 is 0 Å². The lowest BCUT2D eigenvalue weighted by Gasteiger charge is -2.48. The molecule has 0 spiro atoms. The number of carbonyl (C=O) groups excluding carboxylic acids is 2. The van der Waals surface area contributed by atoms with E-state index in [2.05, 4.69) is 20.5 Å². The number of carbonyl (C=O) groups is 2. The molecule has 164 valence electrons. The Morgan fingerprint density at radius 2 is 2.00 bits per heavy atom. The van der Waals surface area contributed by atoms with Crippen molar-refractivity contribution in [3.05, 3.63) is 71.8 Å². The molecule has 0 bridgehead atoms. The van der Waals surface area contributed by atoms with Crippen molar-refractivity contribution in [2.75, 3.05) is 32.1 Å². The van der Waals surface area contributed by atoms with Gasteiger partial charge in [-0.3, -0.25) is 9.78 Å².